The summed E-state index contributed by atoms with van der Waals surface area (Å²) in [5, 5.41) is 4.49. The molecule has 1 fully saturated rings. The van der Waals surface area contributed by atoms with Gasteiger partial charge in [0.15, 0.2) is 11.5 Å². The lowest BCUT2D eigenvalue weighted by atomic mass is 9.87. The van der Waals surface area contributed by atoms with Crippen molar-refractivity contribution in [3.05, 3.63) is 40.8 Å². The van der Waals surface area contributed by atoms with E-state index >= 15 is 0 Å². The van der Waals surface area contributed by atoms with Gasteiger partial charge in [0.05, 0.1) is 5.69 Å². The van der Waals surface area contributed by atoms with Crippen molar-refractivity contribution >= 4 is 5.91 Å². The minimum Gasteiger partial charge on any atom is -0.364 e. The topological polar surface area (TPSA) is 73.8 Å². The number of nitrogens with two attached hydrogens (primary N) is 1. The van der Waals surface area contributed by atoms with Gasteiger partial charge in [0, 0.05) is 11.8 Å². The second kappa shape index (κ2) is 4.18. The van der Waals surface area contributed by atoms with Crippen molar-refractivity contribution in [2.75, 3.05) is 0 Å². The van der Waals surface area contributed by atoms with Gasteiger partial charge in [-0.05, 0) is 54.7 Å². The second-order valence-electron chi connectivity index (χ2n) is 7.02. The number of pyridine rings is 1. The average molecular weight is 296 g/mol. The molecule has 2 aliphatic carbocycles. The molecule has 5 nitrogen and oxygen atoms in total. The van der Waals surface area contributed by atoms with Crippen molar-refractivity contribution < 1.29 is 4.79 Å². The highest BCUT2D eigenvalue weighted by molar-refractivity contribution is 5.92. The molecular weight excluding hydrogens is 276 g/mol. The molecule has 1 saturated carbocycles. The van der Waals surface area contributed by atoms with Crippen molar-refractivity contribution in [2.24, 2.45) is 23.0 Å². The fourth-order valence-corrected chi connectivity index (χ4v) is 4.10. The molecule has 0 radical (unpaired) electrons. The summed E-state index contributed by atoms with van der Waals surface area (Å²) in [6, 6.07) is 3.94. The Balaban J connectivity index is 1.89. The molecule has 0 saturated heterocycles. The van der Waals surface area contributed by atoms with Crippen molar-refractivity contribution in [1.82, 2.24) is 14.8 Å². The molecule has 2 aromatic heterocycles. The summed E-state index contributed by atoms with van der Waals surface area (Å²) >= 11 is 0. The van der Waals surface area contributed by atoms with Crippen LogP contribution in [0.4, 0.5) is 0 Å². The van der Waals surface area contributed by atoms with Crippen LogP contribution >= 0.6 is 0 Å². The monoisotopic (exact) mass is 296 g/mol. The first-order valence-electron chi connectivity index (χ1n) is 7.75. The first kappa shape index (κ1) is 13.5. The number of primary amides is 1. The predicted molar refractivity (Wildman–Crippen MR) is 82.8 cm³/mol. The lowest BCUT2D eigenvalue weighted by Gasteiger charge is -2.19. The molecule has 0 aromatic carbocycles. The smallest absolute Gasteiger partial charge is 0.269 e. The first-order valence-corrected chi connectivity index (χ1v) is 7.75. The highest BCUT2D eigenvalue weighted by atomic mass is 16.1. The first-order chi connectivity index (χ1) is 10.4. The van der Waals surface area contributed by atoms with E-state index in [1.165, 1.54) is 0 Å². The number of rotatable bonds is 2. The number of carbonyl (C=O) groups excluding carboxylic acids is 1. The van der Waals surface area contributed by atoms with Gasteiger partial charge in [-0.3, -0.25) is 4.79 Å². The summed E-state index contributed by atoms with van der Waals surface area (Å²) in [6.07, 6.45) is 3.61. The van der Waals surface area contributed by atoms with Crippen LogP contribution in [0.3, 0.4) is 0 Å². The van der Waals surface area contributed by atoms with E-state index in [2.05, 4.69) is 23.9 Å². The molecule has 2 aliphatic rings. The predicted octanol–water partition coefficient (Wildman–Crippen LogP) is 2.05. The molecule has 114 valence electrons. The summed E-state index contributed by atoms with van der Waals surface area (Å²) in [7, 11) is 0. The standard InChI is InChI=1S/C17H20N4O/c1-9-4-5-19-14(6-9)21-13-8-17(3)10(2)12(17)7-11(13)15(20-21)16(18)22/h4-6,10,12H,7-8H2,1-3H3,(H2,18,22)/t10?,12?,17-/m0/s1. The lowest BCUT2D eigenvalue weighted by Crippen LogP contribution is -2.18. The molecule has 2 unspecified atom stereocenters. The molecule has 0 bridgehead atoms. The minimum atomic E-state index is -0.445. The van der Waals surface area contributed by atoms with Crippen LogP contribution in [0.1, 0.15) is 41.2 Å². The third-order valence-corrected chi connectivity index (χ3v) is 5.80. The molecule has 4 rings (SSSR count). The SMILES string of the molecule is Cc1ccnc(-n2nc(C(N)=O)c3c2C[C@@]2(C)C(C)C2C3)c1. The Bertz CT molecular complexity index is 794. The number of hydrogen-bond acceptors (Lipinski definition) is 3. The molecule has 3 atom stereocenters. The fourth-order valence-electron chi connectivity index (χ4n) is 4.10. The normalized spacial score (nSPS) is 28.9. The largest absolute Gasteiger partial charge is 0.364 e. The number of amides is 1. The Kier molecular flexibility index (Phi) is 2.56. The maximum atomic E-state index is 11.8. The quantitative estimate of drug-likeness (QED) is 0.921. The molecule has 2 aromatic rings. The van der Waals surface area contributed by atoms with Crippen molar-refractivity contribution in [2.45, 2.75) is 33.6 Å². The van der Waals surface area contributed by atoms with E-state index in [1.807, 2.05) is 23.7 Å². The van der Waals surface area contributed by atoms with Gasteiger partial charge in [0.1, 0.15) is 0 Å². The van der Waals surface area contributed by atoms with Gasteiger partial charge >= 0.3 is 0 Å². The molecule has 1 amide bonds. The molecule has 0 spiro atoms. The van der Waals surface area contributed by atoms with Gasteiger partial charge in [-0.25, -0.2) is 9.67 Å². The van der Waals surface area contributed by atoms with Crippen molar-refractivity contribution in [3.8, 4) is 5.82 Å². The van der Waals surface area contributed by atoms with E-state index in [0.717, 1.165) is 35.5 Å². The zero-order valence-corrected chi connectivity index (χ0v) is 13.1. The van der Waals surface area contributed by atoms with Crippen LogP contribution in [0.25, 0.3) is 5.82 Å². The van der Waals surface area contributed by atoms with Gasteiger partial charge in [0.2, 0.25) is 0 Å². The summed E-state index contributed by atoms with van der Waals surface area (Å²) < 4.78 is 1.83. The average Bonchev–Trinajstić information content (AvgIpc) is 2.83. The number of hydrogen-bond donors (Lipinski definition) is 1. The summed E-state index contributed by atoms with van der Waals surface area (Å²) in [4.78, 5) is 16.2. The maximum absolute atomic E-state index is 11.8. The highest BCUT2D eigenvalue weighted by Crippen LogP contribution is 2.64. The highest BCUT2D eigenvalue weighted by Gasteiger charge is 2.61. The number of aromatic nitrogens is 3. The van der Waals surface area contributed by atoms with Gasteiger partial charge in [0.25, 0.3) is 5.91 Å². The van der Waals surface area contributed by atoms with Gasteiger partial charge in [-0.2, -0.15) is 5.10 Å². The molecule has 2 N–H and O–H groups in total. The van der Waals surface area contributed by atoms with Gasteiger partial charge in [-0.15, -0.1) is 0 Å². The number of aryl methyl sites for hydroxylation is 1. The Morgan fingerprint density at radius 2 is 2.27 bits per heavy atom. The molecule has 0 aliphatic heterocycles. The third-order valence-electron chi connectivity index (χ3n) is 5.80. The Morgan fingerprint density at radius 1 is 1.50 bits per heavy atom. The van der Waals surface area contributed by atoms with E-state index in [1.54, 1.807) is 6.20 Å². The van der Waals surface area contributed by atoms with Crippen LogP contribution in [0.15, 0.2) is 18.3 Å². The van der Waals surface area contributed by atoms with E-state index in [0.29, 0.717) is 22.9 Å². The second-order valence-corrected chi connectivity index (χ2v) is 7.02. The van der Waals surface area contributed by atoms with Crippen LogP contribution in [-0.2, 0) is 12.8 Å². The Labute approximate surface area is 129 Å². The van der Waals surface area contributed by atoms with Gasteiger partial charge < -0.3 is 5.73 Å². The Hall–Kier alpha value is -2.17. The molecule has 2 heterocycles. The zero-order chi connectivity index (χ0) is 15.6. The number of fused-ring (bicyclic) bond motifs is 2. The van der Waals surface area contributed by atoms with Crippen LogP contribution in [0.5, 0.6) is 0 Å². The summed E-state index contributed by atoms with van der Waals surface area (Å²) in [5.74, 6) is 1.64. The zero-order valence-electron chi connectivity index (χ0n) is 13.1. The van der Waals surface area contributed by atoms with E-state index in [4.69, 9.17) is 5.73 Å². The van der Waals surface area contributed by atoms with E-state index in [-0.39, 0.29) is 0 Å². The fraction of sp³-hybridized carbons (Fsp3) is 0.471. The molecule has 22 heavy (non-hydrogen) atoms. The molecular formula is C17H20N4O. The number of nitrogens with zero attached hydrogens (tertiary/aromatic N) is 3. The maximum Gasteiger partial charge on any atom is 0.269 e. The van der Waals surface area contributed by atoms with Crippen molar-refractivity contribution in [3.63, 3.8) is 0 Å². The van der Waals surface area contributed by atoms with Crippen LogP contribution in [-0.4, -0.2) is 20.7 Å². The summed E-state index contributed by atoms with van der Waals surface area (Å²) in [6.45, 7) is 6.65. The lowest BCUT2D eigenvalue weighted by molar-refractivity contribution is 0.0994. The molecule has 5 heteroatoms. The van der Waals surface area contributed by atoms with Crippen LogP contribution in [0.2, 0.25) is 0 Å². The van der Waals surface area contributed by atoms with E-state index < -0.39 is 5.91 Å². The van der Waals surface area contributed by atoms with Gasteiger partial charge in [-0.1, -0.05) is 13.8 Å². The number of carbonyl (C=O) groups is 1. The third kappa shape index (κ3) is 1.68. The summed E-state index contributed by atoms with van der Waals surface area (Å²) in [5.41, 5.74) is 9.55. The van der Waals surface area contributed by atoms with Crippen LogP contribution < -0.4 is 5.73 Å². The van der Waals surface area contributed by atoms with Crippen LogP contribution in [0, 0.1) is 24.2 Å². The minimum absolute atomic E-state index is 0.323. The van der Waals surface area contributed by atoms with E-state index in [9.17, 15) is 4.79 Å². The Morgan fingerprint density at radius 3 is 2.95 bits per heavy atom. The van der Waals surface area contributed by atoms with Crippen molar-refractivity contribution in [1.29, 1.82) is 0 Å².